The number of hydrogen-bond donors (Lipinski definition) is 1. The molecule has 0 aromatic heterocycles. The fraction of sp³-hybridized carbons (Fsp3) is 0.533. The first-order chi connectivity index (χ1) is 10.3. The molecular formula is C15H21ClN2O3S. The van der Waals surface area contributed by atoms with Gasteiger partial charge >= 0.3 is 0 Å². The van der Waals surface area contributed by atoms with Crippen molar-refractivity contribution in [1.82, 2.24) is 4.90 Å². The summed E-state index contributed by atoms with van der Waals surface area (Å²) in [5.41, 5.74) is 0.333. The molecule has 0 atom stereocenters. The third kappa shape index (κ3) is 4.69. The molecule has 1 aromatic rings. The highest BCUT2D eigenvalue weighted by atomic mass is 35.5. The lowest BCUT2D eigenvalue weighted by atomic mass is 9.99. The summed E-state index contributed by atoms with van der Waals surface area (Å²) >= 11 is 6.03. The van der Waals surface area contributed by atoms with E-state index in [0.29, 0.717) is 23.2 Å². The number of nitrogens with zero attached hydrogens (tertiary/aromatic N) is 1. The van der Waals surface area contributed by atoms with E-state index in [-0.39, 0.29) is 10.8 Å². The molecule has 122 valence electrons. The Balaban J connectivity index is 2.02. The molecule has 1 aromatic carbocycles. The van der Waals surface area contributed by atoms with Gasteiger partial charge in [-0.25, -0.2) is 8.42 Å². The predicted molar refractivity (Wildman–Crippen MR) is 88.0 cm³/mol. The van der Waals surface area contributed by atoms with Gasteiger partial charge in [-0.1, -0.05) is 18.5 Å². The van der Waals surface area contributed by atoms with E-state index in [9.17, 15) is 13.2 Å². The molecule has 0 saturated carbocycles. The Labute approximate surface area is 136 Å². The van der Waals surface area contributed by atoms with Crippen LogP contribution in [0.1, 0.15) is 19.8 Å². The Morgan fingerprint density at radius 2 is 2.00 bits per heavy atom. The number of nitrogens with one attached hydrogen (secondary N) is 1. The van der Waals surface area contributed by atoms with Gasteiger partial charge in [0.2, 0.25) is 5.91 Å². The number of amides is 1. The van der Waals surface area contributed by atoms with Crippen LogP contribution in [0.15, 0.2) is 23.1 Å². The molecule has 1 aliphatic heterocycles. The summed E-state index contributed by atoms with van der Waals surface area (Å²) in [6.07, 6.45) is 3.31. The standard InChI is InChI=1S/C15H21ClN2O3S/c1-11-5-7-18(8-6-11)10-15(19)17-14-9-12(22(2,20)21)3-4-13(14)16/h3-4,9,11H,5-8,10H2,1-2H3,(H,17,19). The second kappa shape index (κ2) is 6.98. The molecule has 0 radical (unpaired) electrons. The molecule has 1 aliphatic rings. The van der Waals surface area contributed by atoms with Gasteiger partial charge < -0.3 is 5.32 Å². The lowest BCUT2D eigenvalue weighted by Crippen LogP contribution is -2.38. The van der Waals surface area contributed by atoms with Crippen LogP contribution in [-0.4, -0.2) is 45.1 Å². The number of likely N-dealkylation sites (tertiary alicyclic amines) is 1. The van der Waals surface area contributed by atoms with Gasteiger partial charge in [0.15, 0.2) is 9.84 Å². The van der Waals surface area contributed by atoms with Gasteiger partial charge in [0, 0.05) is 6.26 Å². The second-order valence-electron chi connectivity index (χ2n) is 5.92. The molecule has 7 heteroatoms. The van der Waals surface area contributed by atoms with E-state index in [1.165, 1.54) is 18.2 Å². The van der Waals surface area contributed by atoms with Gasteiger partial charge in [-0.3, -0.25) is 9.69 Å². The number of sulfone groups is 1. The number of hydrogen-bond acceptors (Lipinski definition) is 4. The van der Waals surface area contributed by atoms with Gasteiger partial charge in [0.05, 0.1) is 22.2 Å². The van der Waals surface area contributed by atoms with E-state index in [4.69, 9.17) is 11.6 Å². The summed E-state index contributed by atoms with van der Waals surface area (Å²) < 4.78 is 23.1. The van der Waals surface area contributed by atoms with Crippen molar-refractivity contribution in [3.63, 3.8) is 0 Å². The van der Waals surface area contributed by atoms with E-state index < -0.39 is 9.84 Å². The van der Waals surface area contributed by atoms with Crippen molar-refractivity contribution in [3.05, 3.63) is 23.2 Å². The Morgan fingerprint density at radius 1 is 1.36 bits per heavy atom. The Kier molecular flexibility index (Phi) is 5.47. The molecule has 1 saturated heterocycles. The van der Waals surface area contributed by atoms with Gasteiger partial charge in [0.1, 0.15) is 0 Å². The van der Waals surface area contributed by atoms with Crippen LogP contribution in [0.5, 0.6) is 0 Å². The Hall–Kier alpha value is -1.11. The van der Waals surface area contributed by atoms with Gasteiger partial charge in [0.25, 0.3) is 0 Å². The third-order valence-electron chi connectivity index (χ3n) is 3.88. The summed E-state index contributed by atoms with van der Waals surface area (Å²) in [5, 5.41) is 3.03. The van der Waals surface area contributed by atoms with Crippen LogP contribution < -0.4 is 5.32 Å². The van der Waals surface area contributed by atoms with Gasteiger partial charge in [-0.2, -0.15) is 0 Å². The minimum absolute atomic E-state index is 0.138. The fourth-order valence-corrected chi connectivity index (χ4v) is 3.26. The normalized spacial score (nSPS) is 17.4. The summed E-state index contributed by atoms with van der Waals surface area (Å²) in [7, 11) is -3.33. The van der Waals surface area contributed by atoms with Crippen LogP contribution in [0.2, 0.25) is 5.02 Å². The van der Waals surface area contributed by atoms with Crippen molar-refractivity contribution in [2.75, 3.05) is 31.2 Å². The molecular weight excluding hydrogens is 324 g/mol. The van der Waals surface area contributed by atoms with Crippen LogP contribution in [0.25, 0.3) is 0 Å². The lowest BCUT2D eigenvalue weighted by Gasteiger charge is -2.29. The molecule has 22 heavy (non-hydrogen) atoms. The topological polar surface area (TPSA) is 66.5 Å². The Morgan fingerprint density at radius 3 is 2.59 bits per heavy atom. The van der Waals surface area contributed by atoms with Crippen LogP contribution in [0.3, 0.4) is 0 Å². The number of halogens is 1. The number of carbonyl (C=O) groups excluding carboxylic acids is 1. The van der Waals surface area contributed by atoms with Crippen molar-refractivity contribution in [1.29, 1.82) is 0 Å². The third-order valence-corrected chi connectivity index (χ3v) is 5.32. The van der Waals surface area contributed by atoms with E-state index >= 15 is 0 Å². The van der Waals surface area contributed by atoms with Crippen molar-refractivity contribution >= 4 is 33.0 Å². The van der Waals surface area contributed by atoms with Crippen LogP contribution >= 0.6 is 11.6 Å². The van der Waals surface area contributed by atoms with Crippen molar-refractivity contribution in [2.24, 2.45) is 5.92 Å². The van der Waals surface area contributed by atoms with Gasteiger partial charge in [-0.15, -0.1) is 0 Å². The summed E-state index contributed by atoms with van der Waals surface area (Å²) in [4.78, 5) is 14.4. The van der Waals surface area contributed by atoms with Crippen molar-refractivity contribution in [2.45, 2.75) is 24.7 Å². The predicted octanol–water partition coefficient (Wildman–Crippen LogP) is 2.41. The zero-order valence-corrected chi connectivity index (χ0v) is 14.4. The molecule has 1 heterocycles. The molecule has 0 aliphatic carbocycles. The minimum atomic E-state index is -3.33. The molecule has 2 rings (SSSR count). The van der Waals surface area contributed by atoms with Gasteiger partial charge in [-0.05, 0) is 50.0 Å². The molecule has 5 nitrogen and oxygen atoms in total. The summed E-state index contributed by atoms with van der Waals surface area (Å²) in [5.74, 6) is 0.530. The number of benzene rings is 1. The second-order valence-corrected chi connectivity index (χ2v) is 8.34. The highest BCUT2D eigenvalue weighted by Gasteiger charge is 2.19. The average Bonchev–Trinajstić information content (AvgIpc) is 2.42. The number of piperidine rings is 1. The monoisotopic (exact) mass is 344 g/mol. The SMILES string of the molecule is CC1CCN(CC(=O)Nc2cc(S(C)(=O)=O)ccc2Cl)CC1. The highest BCUT2D eigenvalue weighted by Crippen LogP contribution is 2.25. The average molecular weight is 345 g/mol. The first-order valence-electron chi connectivity index (χ1n) is 7.27. The zero-order chi connectivity index (χ0) is 16.3. The number of anilines is 1. The largest absolute Gasteiger partial charge is 0.324 e. The number of carbonyl (C=O) groups is 1. The maximum absolute atomic E-state index is 12.1. The maximum Gasteiger partial charge on any atom is 0.238 e. The molecule has 0 bridgehead atoms. The van der Waals surface area contributed by atoms with Crippen LogP contribution in [0, 0.1) is 5.92 Å². The lowest BCUT2D eigenvalue weighted by molar-refractivity contribution is -0.117. The maximum atomic E-state index is 12.1. The smallest absolute Gasteiger partial charge is 0.238 e. The zero-order valence-electron chi connectivity index (χ0n) is 12.8. The van der Waals surface area contributed by atoms with E-state index in [1.54, 1.807) is 0 Å². The first-order valence-corrected chi connectivity index (χ1v) is 9.54. The highest BCUT2D eigenvalue weighted by molar-refractivity contribution is 7.90. The quantitative estimate of drug-likeness (QED) is 0.910. The van der Waals surface area contributed by atoms with Crippen molar-refractivity contribution < 1.29 is 13.2 Å². The van der Waals surface area contributed by atoms with E-state index in [1.807, 2.05) is 0 Å². The summed E-state index contributed by atoms with van der Waals surface area (Å²) in [6, 6.07) is 4.31. The Bertz CT molecular complexity index is 653. The minimum Gasteiger partial charge on any atom is -0.324 e. The summed E-state index contributed by atoms with van der Waals surface area (Å²) in [6.45, 7) is 4.33. The molecule has 0 spiro atoms. The van der Waals surface area contributed by atoms with E-state index in [0.717, 1.165) is 32.2 Å². The van der Waals surface area contributed by atoms with Crippen LogP contribution in [-0.2, 0) is 14.6 Å². The molecule has 1 fully saturated rings. The molecule has 0 unspecified atom stereocenters. The first kappa shape index (κ1) is 17.2. The molecule has 1 amide bonds. The van der Waals surface area contributed by atoms with Crippen LogP contribution in [0.4, 0.5) is 5.69 Å². The number of rotatable bonds is 4. The fourth-order valence-electron chi connectivity index (χ4n) is 2.44. The van der Waals surface area contributed by atoms with E-state index in [2.05, 4.69) is 17.1 Å². The van der Waals surface area contributed by atoms with Crippen molar-refractivity contribution in [3.8, 4) is 0 Å². The molecule has 1 N–H and O–H groups in total.